The molecule has 0 N–H and O–H groups in total. The fraction of sp³-hybridized carbons (Fsp3) is 0. The van der Waals surface area contributed by atoms with Crippen molar-refractivity contribution < 1.29 is 0 Å². The predicted molar refractivity (Wildman–Crippen MR) is 36.4 cm³/mol. The first-order chi connectivity index (χ1) is 1.41. The molecule has 28 valence electrons. The summed E-state index contributed by atoms with van der Waals surface area (Å²) in [6.45, 7) is 0.0278. The molecule has 1 unspecified atom stereocenters. The highest BCUT2D eigenvalue weighted by Crippen LogP contribution is 1.91. The first-order valence-corrected chi connectivity index (χ1v) is 4.45. The molecule has 0 saturated carbocycles. The molecule has 0 rings (SSSR count). The quantitative estimate of drug-likeness (QED) is 0.431. The first kappa shape index (κ1) is 9.08. The average molecular weight is 179 g/mol. The van der Waals surface area contributed by atoms with Gasteiger partial charge >= 0.3 is 0 Å². The molecule has 0 spiro atoms. The smallest absolute Gasteiger partial charge is 0.0206 e. The fourth-order valence-electron chi connectivity index (χ4n) is 0. The van der Waals surface area contributed by atoms with Crippen LogP contribution >= 0.6 is 35.8 Å². The molecular formula is H4BrPS2. The maximum absolute atomic E-state index is 4.34. The molecule has 0 amide bonds. The van der Waals surface area contributed by atoms with E-state index in [2.05, 4.69) is 24.1 Å². The van der Waals surface area contributed by atoms with Crippen LogP contribution in [0.5, 0.6) is 0 Å². The molecule has 0 fully saturated rings. The zero-order valence-electron chi connectivity index (χ0n) is 1.84. The van der Waals surface area contributed by atoms with Crippen LogP contribution in [0.15, 0.2) is 0 Å². The first-order valence-electron chi connectivity index (χ1n) is 0.494. The minimum Gasteiger partial charge on any atom is -0.147 e. The summed E-state index contributed by atoms with van der Waals surface area (Å²) in [6, 6.07) is 0. The van der Waals surface area contributed by atoms with Gasteiger partial charge in [0.2, 0.25) is 0 Å². The summed E-state index contributed by atoms with van der Waals surface area (Å²) in [5, 5.41) is 0. The van der Waals surface area contributed by atoms with Gasteiger partial charge in [-0.15, -0.1) is 29.2 Å². The van der Waals surface area contributed by atoms with Crippen molar-refractivity contribution in [1.29, 1.82) is 0 Å². The van der Waals surface area contributed by atoms with E-state index >= 15 is 0 Å². The van der Waals surface area contributed by atoms with Crippen molar-refractivity contribution in [1.82, 2.24) is 0 Å². The van der Waals surface area contributed by atoms with Crippen molar-refractivity contribution in [3.63, 3.8) is 0 Å². The molecule has 4 heavy (non-hydrogen) atoms. The summed E-state index contributed by atoms with van der Waals surface area (Å²) in [4.78, 5) is 0. The molecule has 0 aromatic carbocycles. The summed E-state index contributed by atoms with van der Waals surface area (Å²) in [5.41, 5.74) is 0. The Balaban J connectivity index is 0. The molecule has 0 bridgehead atoms. The van der Waals surface area contributed by atoms with Gasteiger partial charge in [0.25, 0.3) is 0 Å². The molecular weight excluding hydrogens is 175 g/mol. The lowest BCUT2D eigenvalue weighted by Gasteiger charge is -1.30. The van der Waals surface area contributed by atoms with Crippen molar-refractivity contribution in [2.45, 2.75) is 0 Å². The van der Waals surface area contributed by atoms with E-state index in [-0.39, 0.29) is 23.5 Å². The Hall–Kier alpha value is 1.48. The monoisotopic (exact) mass is 178 g/mol. The number of hydrogen-bond donors (Lipinski definition) is 1. The third-order valence-electron chi connectivity index (χ3n) is 0. The van der Waals surface area contributed by atoms with E-state index in [1.54, 1.807) is 0 Å². The van der Waals surface area contributed by atoms with Gasteiger partial charge < -0.3 is 0 Å². The van der Waals surface area contributed by atoms with Crippen molar-refractivity contribution in [2.24, 2.45) is 0 Å². The third kappa shape index (κ3) is 9.77. The van der Waals surface area contributed by atoms with Crippen LogP contribution in [0.2, 0.25) is 0 Å². The Morgan fingerprint density at radius 3 is 1.75 bits per heavy atom. The third-order valence-corrected chi connectivity index (χ3v) is 0. The van der Waals surface area contributed by atoms with Crippen LogP contribution in [0.1, 0.15) is 0 Å². The minimum absolute atomic E-state index is 0. The molecule has 0 saturated heterocycles. The van der Waals surface area contributed by atoms with Gasteiger partial charge in [-0.25, -0.2) is 0 Å². The van der Waals surface area contributed by atoms with Crippen molar-refractivity contribution in [3.8, 4) is 0 Å². The van der Waals surface area contributed by atoms with Crippen LogP contribution in [0.3, 0.4) is 0 Å². The zero-order chi connectivity index (χ0) is 2.71. The average Bonchev–Trinajstić information content (AvgIpc) is 0.918. The van der Waals surface area contributed by atoms with Crippen molar-refractivity contribution >= 4 is 47.6 Å². The maximum Gasteiger partial charge on any atom is -0.0206 e. The van der Waals surface area contributed by atoms with E-state index in [4.69, 9.17) is 0 Å². The van der Waals surface area contributed by atoms with Gasteiger partial charge in [0.05, 0.1) is 0 Å². The van der Waals surface area contributed by atoms with Crippen LogP contribution in [0.25, 0.3) is 0 Å². The molecule has 0 aliphatic carbocycles. The van der Waals surface area contributed by atoms with Crippen LogP contribution in [0.4, 0.5) is 0 Å². The molecule has 0 nitrogen and oxygen atoms in total. The van der Waals surface area contributed by atoms with E-state index in [0.717, 1.165) is 0 Å². The minimum atomic E-state index is 0. The zero-order valence-corrected chi connectivity index (χ0v) is 6.42. The summed E-state index contributed by atoms with van der Waals surface area (Å²) in [6.07, 6.45) is 0. The second-order valence-corrected chi connectivity index (χ2v) is 2.85. The van der Waals surface area contributed by atoms with Crippen LogP contribution in [0, 0.1) is 0 Å². The molecule has 0 radical (unpaired) electrons. The van der Waals surface area contributed by atoms with Crippen LogP contribution in [-0.2, 0) is 11.8 Å². The summed E-state index contributed by atoms with van der Waals surface area (Å²) >= 11 is 8.03. The van der Waals surface area contributed by atoms with E-state index in [0.29, 0.717) is 0 Å². The van der Waals surface area contributed by atoms with E-state index in [9.17, 15) is 0 Å². The van der Waals surface area contributed by atoms with E-state index in [1.165, 1.54) is 0 Å². The maximum atomic E-state index is 4.34. The lowest BCUT2D eigenvalue weighted by molar-refractivity contribution is 5.95. The van der Waals surface area contributed by atoms with Crippen LogP contribution < -0.4 is 0 Å². The largest absolute Gasteiger partial charge is 0.147 e. The van der Waals surface area contributed by atoms with Gasteiger partial charge in [0.15, 0.2) is 0 Å². The molecule has 1 atom stereocenters. The van der Waals surface area contributed by atoms with Crippen molar-refractivity contribution in [3.05, 3.63) is 0 Å². The Morgan fingerprint density at radius 1 is 1.75 bits per heavy atom. The summed E-state index contributed by atoms with van der Waals surface area (Å²) in [5.74, 6) is 0. The number of rotatable bonds is 0. The molecule has 0 heterocycles. The molecule has 4 heteroatoms. The van der Waals surface area contributed by atoms with Crippen LogP contribution in [-0.4, -0.2) is 0 Å². The van der Waals surface area contributed by atoms with Gasteiger partial charge in [0.1, 0.15) is 0 Å². The topological polar surface area (TPSA) is 0 Å². The highest BCUT2D eigenvalue weighted by atomic mass is 79.9. The number of thiol groups is 1. The lowest BCUT2D eigenvalue weighted by Crippen LogP contribution is -0.661. The molecule has 0 aliphatic heterocycles. The predicted octanol–water partition coefficient (Wildman–Crippen LogP) is 1.28. The molecule has 0 aliphatic rings. The standard InChI is InChI=1S/BrH.H3PS2/c;2-1-3/h1H;1H2,(H,2,3). The van der Waals surface area contributed by atoms with Gasteiger partial charge in [-0.05, 0) is 6.56 Å². The highest BCUT2D eigenvalue weighted by molar-refractivity contribution is 8.93. The fourth-order valence-corrected chi connectivity index (χ4v) is 0. The SMILES string of the molecule is Br.S=[PH2]S. The Morgan fingerprint density at radius 2 is 1.75 bits per heavy atom. The number of hydrogen-bond acceptors (Lipinski definition) is 1. The van der Waals surface area contributed by atoms with Gasteiger partial charge in [-0.1, -0.05) is 11.8 Å². The second-order valence-electron chi connectivity index (χ2n) is 0.105. The van der Waals surface area contributed by atoms with Crippen molar-refractivity contribution in [2.75, 3.05) is 0 Å². The molecule has 0 aromatic heterocycles. The van der Waals surface area contributed by atoms with Gasteiger partial charge in [-0.2, -0.15) is 0 Å². The normalized spacial score (nSPS) is 7.25. The van der Waals surface area contributed by atoms with Gasteiger partial charge in [-0.3, -0.25) is 0 Å². The number of halogens is 1. The Bertz CT molecular complexity index is 13.5. The molecule has 0 aromatic rings. The van der Waals surface area contributed by atoms with Gasteiger partial charge in [0, 0.05) is 0 Å². The highest BCUT2D eigenvalue weighted by Gasteiger charge is 1.15. The second kappa shape index (κ2) is 8.82. The Labute approximate surface area is 47.7 Å². The summed E-state index contributed by atoms with van der Waals surface area (Å²) < 4.78 is 0. The lowest BCUT2D eigenvalue weighted by atomic mass is 30.2. The Kier molecular flexibility index (Phi) is 20.0. The van der Waals surface area contributed by atoms with E-state index < -0.39 is 0 Å². The van der Waals surface area contributed by atoms with E-state index in [1.807, 2.05) is 0 Å². The summed E-state index contributed by atoms with van der Waals surface area (Å²) in [7, 11) is 0.